The lowest BCUT2D eigenvalue weighted by Crippen LogP contribution is -2.56. The summed E-state index contributed by atoms with van der Waals surface area (Å²) in [5.41, 5.74) is 7.79. The van der Waals surface area contributed by atoms with Gasteiger partial charge in [-0.2, -0.15) is 0 Å². The molecule has 0 spiro atoms. The standard InChI is InChI=1S/C33H42N4O3/c1-33(2,34)21-26-20-27(26)31(39)37(5)29(19-23-15-16-24-13-9-10-14-25(24)17-23)32(40)36(4)28(30(38)35-3)18-22-11-7-6-8-12-22/h6-17,26-29H,18-21,34H2,1-5H3,(H,35,38)/t26?,27?,28-,29-/m1/s1. The molecule has 1 aliphatic rings. The number of carbonyl (C=O) groups is 3. The topological polar surface area (TPSA) is 95.7 Å². The maximum Gasteiger partial charge on any atom is 0.246 e. The van der Waals surface area contributed by atoms with Crippen LogP contribution in [-0.2, 0) is 27.2 Å². The van der Waals surface area contributed by atoms with Gasteiger partial charge in [-0.3, -0.25) is 14.4 Å². The van der Waals surface area contributed by atoms with Gasteiger partial charge in [0, 0.05) is 45.4 Å². The number of hydrogen-bond acceptors (Lipinski definition) is 4. The van der Waals surface area contributed by atoms with Gasteiger partial charge in [0.2, 0.25) is 17.7 Å². The molecule has 2 unspecified atom stereocenters. The molecule has 40 heavy (non-hydrogen) atoms. The average molecular weight is 543 g/mol. The molecule has 3 aromatic rings. The van der Waals surface area contributed by atoms with Gasteiger partial charge < -0.3 is 20.9 Å². The Morgan fingerprint density at radius 1 is 0.875 bits per heavy atom. The molecule has 1 aliphatic carbocycles. The van der Waals surface area contributed by atoms with E-state index in [2.05, 4.69) is 17.4 Å². The summed E-state index contributed by atoms with van der Waals surface area (Å²) in [4.78, 5) is 44.0. The molecule has 4 atom stereocenters. The Kier molecular flexibility index (Phi) is 8.94. The van der Waals surface area contributed by atoms with Gasteiger partial charge in [-0.05, 0) is 54.5 Å². The predicted octanol–water partition coefficient (Wildman–Crippen LogP) is 3.79. The summed E-state index contributed by atoms with van der Waals surface area (Å²) >= 11 is 0. The monoisotopic (exact) mass is 542 g/mol. The molecule has 0 radical (unpaired) electrons. The highest BCUT2D eigenvalue weighted by molar-refractivity contribution is 5.93. The highest BCUT2D eigenvalue weighted by Gasteiger charge is 2.47. The molecule has 0 saturated heterocycles. The largest absolute Gasteiger partial charge is 0.357 e. The van der Waals surface area contributed by atoms with E-state index in [0.717, 1.165) is 34.7 Å². The number of fused-ring (bicyclic) bond motifs is 1. The summed E-state index contributed by atoms with van der Waals surface area (Å²) in [7, 11) is 4.95. The van der Waals surface area contributed by atoms with Crippen molar-refractivity contribution in [1.82, 2.24) is 15.1 Å². The van der Waals surface area contributed by atoms with Crippen LogP contribution in [0.15, 0.2) is 72.8 Å². The average Bonchev–Trinajstić information content (AvgIpc) is 3.70. The lowest BCUT2D eigenvalue weighted by Gasteiger charge is -2.34. The van der Waals surface area contributed by atoms with Gasteiger partial charge in [0.1, 0.15) is 12.1 Å². The summed E-state index contributed by atoms with van der Waals surface area (Å²) in [6.45, 7) is 3.95. The second-order valence-corrected chi connectivity index (χ2v) is 11.9. The molecular weight excluding hydrogens is 500 g/mol. The second-order valence-electron chi connectivity index (χ2n) is 11.9. The number of nitrogens with two attached hydrogens (primary N) is 1. The number of hydrogen-bond donors (Lipinski definition) is 2. The molecule has 212 valence electrons. The van der Waals surface area contributed by atoms with Crippen molar-refractivity contribution in [2.24, 2.45) is 17.6 Å². The van der Waals surface area contributed by atoms with Crippen LogP contribution in [0.5, 0.6) is 0 Å². The summed E-state index contributed by atoms with van der Waals surface area (Å²) in [6.07, 6.45) is 2.27. The number of amides is 3. The molecule has 7 heteroatoms. The first-order chi connectivity index (χ1) is 19.0. The zero-order valence-corrected chi connectivity index (χ0v) is 24.3. The Balaban J connectivity index is 1.62. The van der Waals surface area contributed by atoms with Gasteiger partial charge in [-0.25, -0.2) is 0 Å². The van der Waals surface area contributed by atoms with Crippen LogP contribution in [0.4, 0.5) is 0 Å². The van der Waals surface area contributed by atoms with Gasteiger partial charge in [0.15, 0.2) is 0 Å². The number of benzene rings is 3. The first-order valence-corrected chi connectivity index (χ1v) is 14.0. The smallest absolute Gasteiger partial charge is 0.246 e. The van der Waals surface area contributed by atoms with Gasteiger partial charge in [0.25, 0.3) is 0 Å². The van der Waals surface area contributed by atoms with Gasteiger partial charge in [0.05, 0.1) is 0 Å². The predicted molar refractivity (Wildman–Crippen MR) is 159 cm³/mol. The second kappa shape index (κ2) is 12.2. The third-order valence-corrected chi connectivity index (χ3v) is 8.01. The van der Waals surface area contributed by atoms with Gasteiger partial charge in [-0.15, -0.1) is 0 Å². The summed E-state index contributed by atoms with van der Waals surface area (Å²) < 4.78 is 0. The molecule has 3 amide bonds. The molecule has 0 aromatic heterocycles. The fourth-order valence-corrected chi connectivity index (χ4v) is 5.64. The van der Waals surface area contributed by atoms with Crippen molar-refractivity contribution in [3.63, 3.8) is 0 Å². The zero-order valence-electron chi connectivity index (χ0n) is 24.3. The molecule has 0 bridgehead atoms. The normalized spacial score (nSPS) is 18.1. The molecule has 1 saturated carbocycles. The SMILES string of the molecule is CNC(=O)[C@@H](Cc1ccccc1)N(C)C(=O)[C@@H](Cc1ccc2ccccc2c1)N(C)C(=O)C1CC1CC(C)(C)N. The van der Waals surface area contributed by atoms with Crippen LogP contribution < -0.4 is 11.1 Å². The number of rotatable bonds is 11. The number of nitrogens with one attached hydrogen (secondary N) is 1. The summed E-state index contributed by atoms with van der Waals surface area (Å²) in [5, 5.41) is 4.90. The fraction of sp³-hybridized carbons (Fsp3) is 0.424. The summed E-state index contributed by atoms with van der Waals surface area (Å²) in [5.74, 6) is -0.457. The lowest BCUT2D eigenvalue weighted by molar-refractivity contribution is -0.148. The Hall–Kier alpha value is -3.71. The van der Waals surface area contributed by atoms with Crippen LogP contribution in [0.3, 0.4) is 0 Å². The van der Waals surface area contributed by atoms with E-state index in [-0.39, 0.29) is 35.1 Å². The highest BCUT2D eigenvalue weighted by Crippen LogP contribution is 2.45. The van der Waals surface area contributed by atoms with Crippen molar-refractivity contribution in [2.45, 2.75) is 57.2 Å². The minimum atomic E-state index is -0.756. The molecule has 7 nitrogen and oxygen atoms in total. The van der Waals surface area contributed by atoms with Crippen LogP contribution in [0, 0.1) is 11.8 Å². The molecular formula is C33H42N4O3. The van der Waals surface area contributed by atoms with Gasteiger partial charge >= 0.3 is 0 Å². The number of nitrogens with zero attached hydrogens (tertiary/aromatic N) is 2. The van der Waals surface area contributed by atoms with Crippen LogP contribution in [0.1, 0.15) is 37.8 Å². The Labute approximate surface area is 237 Å². The maximum atomic E-state index is 14.2. The van der Waals surface area contributed by atoms with Crippen molar-refractivity contribution in [3.8, 4) is 0 Å². The van der Waals surface area contributed by atoms with Crippen LogP contribution in [0.2, 0.25) is 0 Å². The number of likely N-dealkylation sites (N-methyl/N-ethyl adjacent to an activating group) is 3. The van der Waals surface area contributed by atoms with E-state index >= 15 is 0 Å². The van der Waals surface area contributed by atoms with Crippen molar-refractivity contribution >= 4 is 28.5 Å². The van der Waals surface area contributed by atoms with Crippen molar-refractivity contribution in [3.05, 3.63) is 83.9 Å². The third-order valence-electron chi connectivity index (χ3n) is 8.01. The van der Waals surface area contributed by atoms with Crippen molar-refractivity contribution in [1.29, 1.82) is 0 Å². The van der Waals surface area contributed by atoms with Crippen molar-refractivity contribution < 1.29 is 14.4 Å². The van der Waals surface area contributed by atoms with E-state index < -0.39 is 12.1 Å². The van der Waals surface area contributed by atoms with E-state index in [1.807, 2.05) is 74.5 Å². The fourth-order valence-electron chi connectivity index (χ4n) is 5.64. The van der Waals surface area contributed by atoms with Crippen LogP contribution in [-0.4, -0.2) is 66.3 Å². The molecule has 0 heterocycles. The zero-order chi connectivity index (χ0) is 29.0. The van der Waals surface area contributed by atoms with Crippen LogP contribution in [0.25, 0.3) is 10.8 Å². The van der Waals surface area contributed by atoms with Crippen molar-refractivity contribution in [2.75, 3.05) is 21.1 Å². The molecule has 1 fully saturated rings. The first-order valence-electron chi connectivity index (χ1n) is 14.0. The molecule has 3 aromatic carbocycles. The Morgan fingerprint density at radius 3 is 2.15 bits per heavy atom. The summed E-state index contributed by atoms with van der Waals surface area (Å²) in [6, 6.07) is 22.4. The molecule has 0 aliphatic heterocycles. The van der Waals surface area contributed by atoms with E-state index in [1.54, 1.807) is 26.0 Å². The Morgan fingerprint density at radius 2 is 1.50 bits per heavy atom. The first kappa shape index (κ1) is 29.3. The van der Waals surface area contributed by atoms with E-state index in [1.165, 1.54) is 4.90 Å². The molecule has 3 N–H and O–H groups in total. The van der Waals surface area contributed by atoms with Crippen LogP contribution >= 0.6 is 0 Å². The minimum absolute atomic E-state index is 0.0404. The minimum Gasteiger partial charge on any atom is -0.357 e. The Bertz CT molecular complexity index is 1350. The van der Waals surface area contributed by atoms with E-state index in [0.29, 0.717) is 12.8 Å². The number of carbonyl (C=O) groups excluding carboxylic acids is 3. The van der Waals surface area contributed by atoms with Gasteiger partial charge in [-0.1, -0.05) is 72.8 Å². The highest BCUT2D eigenvalue weighted by atomic mass is 16.2. The third kappa shape index (κ3) is 7.07. The molecule has 4 rings (SSSR count). The quantitative estimate of drug-likeness (QED) is 0.385. The van der Waals surface area contributed by atoms with E-state index in [4.69, 9.17) is 5.73 Å². The van der Waals surface area contributed by atoms with E-state index in [9.17, 15) is 14.4 Å². The lowest BCUT2D eigenvalue weighted by atomic mass is 9.97. The maximum absolute atomic E-state index is 14.2.